The van der Waals surface area contributed by atoms with E-state index in [1.54, 1.807) is 11.3 Å². The summed E-state index contributed by atoms with van der Waals surface area (Å²) in [5.41, 5.74) is 1.24. The first-order valence-electron chi connectivity index (χ1n) is 6.37. The van der Waals surface area contributed by atoms with Crippen molar-refractivity contribution in [2.24, 2.45) is 0 Å². The highest BCUT2D eigenvalue weighted by molar-refractivity contribution is 9.11. The molecule has 1 aromatic rings. The van der Waals surface area contributed by atoms with Gasteiger partial charge in [-0.1, -0.05) is 0 Å². The normalized spacial score (nSPS) is 17.8. The Balaban J connectivity index is 1.90. The number of carbonyl (C=O) groups is 1. The van der Waals surface area contributed by atoms with Crippen LogP contribution in [-0.4, -0.2) is 55.1 Å². The molecule has 1 fully saturated rings. The number of nitrogens with zero attached hydrogens (tertiary/aromatic N) is 2. The highest BCUT2D eigenvalue weighted by Gasteiger charge is 2.25. The first-order valence-corrected chi connectivity index (χ1v) is 8.05. The summed E-state index contributed by atoms with van der Waals surface area (Å²) in [5, 5.41) is 2.12. The van der Waals surface area contributed by atoms with Crippen molar-refractivity contribution in [3.05, 3.63) is 20.8 Å². The third-order valence-corrected chi connectivity index (χ3v) is 4.95. The molecular weight excluding hydrogens is 328 g/mol. The molecule has 1 amide bonds. The molecular formula is C13H19BrN2O2S. The van der Waals surface area contributed by atoms with E-state index in [-0.39, 0.29) is 11.9 Å². The van der Waals surface area contributed by atoms with Crippen LogP contribution in [0.4, 0.5) is 0 Å². The minimum absolute atomic E-state index is 0.100. The molecule has 2 rings (SSSR count). The number of ether oxygens (including phenoxy) is 1. The van der Waals surface area contributed by atoms with Crippen LogP contribution in [-0.2, 0) is 16.1 Å². The third-order valence-electron chi connectivity index (χ3n) is 3.40. The first-order chi connectivity index (χ1) is 9.08. The summed E-state index contributed by atoms with van der Waals surface area (Å²) in [7, 11) is 1.99. The maximum atomic E-state index is 12.4. The SMILES string of the molecule is CC(C(=O)N1CCOCC1)N(C)Cc1csc(Br)c1. The molecule has 1 aliphatic heterocycles. The van der Waals surface area contributed by atoms with Crippen molar-refractivity contribution in [3.8, 4) is 0 Å². The van der Waals surface area contributed by atoms with Gasteiger partial charge in [0.1, 0.15) is 0 Å². The van der Waals surface area contributed by atoms with Crippen molar-refractivity contribution in [2.45, 2.75) is 19.5 Å². The molecule has 1 aliphatic rings. The number of rotatable bonds is 4. The number of carbonyl (C=O) groups excluding carboxylic acids is 1. The van der Waals surface area contributed by atoms with Gasteiger partial charge in [0.25, 0.3) is 0 Å². The van der Waals surface area contributed by atoms with Gasteiger partial charge in [-0.25, -0.2) is 0 Å². The molecule has 6 heteroatoms. The van der Waals surface area contributed by atoms with E-state index in [2.05, 4.69) is 32.3 Å². The van der Waals surface area contributed by atoms with E-state index in [1.165, 1.54) is 5.56 Å². The third kappa shape index (κ3) is 4.02. The number of thiophene rings is 1. The number of amides is 1. The van der Waals surface area contributed by atoms with E-state index in [1.807, 2.05) is 18.9 Å². The summed E-state index contributed by atoms with van der Waals surface area (Å²) in [6, 6.07) is 2.00. The Morgan fingerprint density at radius 1 is 1.58 bits per heavy atom. The van der Waals surface area contributed by atoms with Gasteiger partial charge in [-0.15, -0.1) is 11.3 Å². The van der Waals surface area contributed by atoms with E-state index in [0.717, 1.165) is 10.3 Å². The monoisotopic (exact) mass is 346 g/mol. The molecule has 1 unspecified atom stereocenters. The molecule has 0 bridgehead atoms. The molecule has 19 heavy (non-hydrogen) atoms. The van der Waals surface area contributed by atoms with Crippen LogP contribution in [0, 0.1) is 0 Å². The summed E-state index contributed by atoms with van der Waals surface area (Å²) in [6.07, 6.45) is 0. The molecule has 1 saturated heterocycles. The summed E-state index contributed by atoms with van der Waals surface area (Å²) in [4.78, 5) is 16.3. The van der Waals surface area contributed by atoms with E-state index in [9.17, 15) is 4.79 Å². The maximum absolute atomic E-state index is 12.4. The zero-order valence-electron chi connectivity index (χ0n) is 11.3. The maximum Gasteiger partial charge on any atom is 0.239 e. The Hall–Kier alpha value is -0.430. The second-order valence-electron chi connectivity index (χ2n) is 4.79. The number of likely N-dealkylation sites (N-methyl/N-ethyl adjacent to an activating group) is 1. The van der Waals surface area contributed by atoms with Gasteiger partial charge in [-0.3, -0.25) is 9.69 Å². The fourth-order valence-electron chi connectivity index (χ4n) is 2.09. The van der Waals surface area contributed by atoms with Crippen LogP contribution >= 0.6 is 27.3 Å². The van der Waals surface area contributed by atoms with E-state index >= 15 is 0 Å². The van der Waals surface area contributed by atoms with Crippen molar-refractivity contribution in [1.29, 1.82) is 0 Å². The zero-order valence-corrected chi connectivity index (χ0v) is 13.7. The minimum Gasteiger partial charge on any atom is -0.378 e. The molecule has 0 aliphatic carbocycles. The largest absolute Gasteiger partial charge is 0.378 e. The Kier molecular flexibility index (Phi) is 5.38. The van der Waals surface area contributed by atoms with Crippen LogP contribution in [0.15, 0.2) is 15.2 Å². The van der Waals surface area contributed by atoms with Gasteiger partial charge in [0, 0.05) is 19.6 Å². The highest BCUT2D eigenvalue weighted by atomic mass is 79.9. The predicted octanol–water partition coefficient (Wildman–Crippen LogP) is 2.19. The summed E-state index contributed by atoms with van der Waals surface area (Å²) in [6.45, 7) is 5.49. The molecule has 0 spiro atoms. The topological polar surface area (TPSA) is 32.8 Å². The van der Waals surface area contributed by atoms with Gasteiger partial charge in [-0.05, 0) is 46.9 Å². The van der Waals surface area contributed by atoms with Crippen molar-refractivity contribution in [2.75, 3.05) is 33.4 Å². The van der Waals surface area contributed by atoms with Crippen LogP contribution in [0.25, 0.3) is 0 Å². The van der Waals surface area contributed by atoms with Crippen molar-refractivity contribution in [3.63, 3.8) is 0 Å². The van der Waals surface area contributed by atoms with Crippen LogP contribution in [0.3, 0.4) is 0 Å². The molecule has 1 aromatic heterocycles. The lowest BCUT2D eigenvalue weighted by Crippen LogP contribution is -2.49. The molecule has 4 nitrogen and oxygen atoms in total. The Bertz CT molecular complexity index is 432. The second kappa shape index (κ2) is 6.83. The fraction of sp³-hybridized carbons (Fsp3) is 0.615. The van der Waals surface area contributed by atoms with Gasteiger partial charge in [-0.2, -0.15) is 0 Å². The van der Waals surface area contributed by atoms with Crippen molar-refractivity contribution in [1.82, 2.24) is 9.80 Å². The average molecular weight is 347 g/mol. The lowest BCUT2D eigenvalue weighted by atomic mass is 10.2. The molecule has 0 N–H and O–H groups in total. The standard InChI is InChI=1S/C13H19BrN2O2S/c1-10(13(17)16-3-5-18-6-4-16)15(2)8-11-7-12(14)19-9-11/h7,9-10H,3-6,8H2,1-2H3. The smallest absolute Gasteiger partial charge is 0.239 e. The fourth-order valence-corrected chi connectivity index (χ4v) is 3.29. The lowest BCUT2D eigenvalue weighted by molar-refractivity contribution is -0.140. The van der Waals surface area contributed by atoms with Crippen LogP contribution in [0.1, 0.15) is 12.5 Å². The molecule has 2 heterocycles. The van der Waals surface area contributed by atoms with Gasteiger partial charge in [0.05, 0.1) is 23.0 Å². The molecule has 106 valence electrons. The van der Waals surface area contributed by atoms with E-state index in [4.69, 9.17) is 4.74 Å². The molecule has 0 saturated carbocycles. The predicted molar refractivity (Wildman–Crippen MR) is 80.3 cm³/mol. The van der Waals surface area contributed by atoms with Gasteiger partial charge >= 0.3 is 0 Å². The number of hydrogen-bond acceptors (Lipinski definition) is 4. The Morgan fingerprint density at radius 3 is 2.84 bits per heavy atom. The minimum atomic E-state index is -0.100. The van der Waals surface area contributed by atoms with Crippen LogP contribution in [0.2, 0.25) is 0 Å². The van der Waals surface area contributed by atoms with Crippen molar-refractivity contribution >= 4 is 33.2 Å². The van der Waals surface area contributed by atoms with Gasteiger partial charge < -0.3 is 9.64 Å². The summed E-state index contributed by atoms with van der Waals surface area (Å²) < 4.78 is 6.41. The molecule has 0 aromatic carbocycles. The lowest BCUT2D eigenvalue weighted by Gasteiger charge is -2.32. The van der Waals surface area contributed by atoms with Gasteiger partial charge in [0.15, 0.2) is 0 Å². The van der Waals surface area contributed by atoms with E-state index in [0.29, 0.717) is 26.3 Å². The van der Waals surface area contributed by atoms with E-state index < -0.39 is 0 Å². The molecule has 0 radical (unpaired) electrons. The second-order valence-corrected chi connectivity index (χ2v) is 7.08. The first kappa shape index (κ1) is 15.0. The van der Waals surface area contributed by atoms with Crippen LogP contribution < -0.4 is 0 Å². The highest BCUT2D eigenvalue weighted by Crippen LogP contribution is 2.22. The average Bonchev–Trinajstić information content (AvgIpc) is 2.83. The number of hydrogen-bond donors (Lipinski definition) is 0. The quantitative estimate of drug-likeness (QED) is 0.837. The Labute approximate surface area is 126 Å². The summed E-state index contributed by atoms with van der Waals surface area (Å²) in [5.74, 6) is 0.195. The molecule has 1 atom stereocenters. The van der Waals surface area contributed by atoms with Gasteiger partial charge in [0.2, 0.25) is 5.91 Å². The Morgan fingerprint density at radius 2 is 2.26 bits per heavy atom. The van der Waals surface area contributed by atoms with Crippen molar-refractivity contribution < 1.29 is 9.53 Å². The zero-order chi connectivity index (χ0) is 13.8. The number of halogens is 1. The summed E-state index contributed by atoms with van der Waals surface area (Å²) >= 11 is 5.13. The van der Waals surface area contributed by atoms with Crippen LogP contribution in [0.5, 0.6) is 0 Å². The number of morpholine rings is 1.